The van der Waals surface area contributed by atoms with Crippen molar-refractivity contribution in [2.45, 2.75) is 19.4 Å². The summed E-state index contributed by atoms with van der Waals surface area (Å²) in [7, 11) is 0. The van der Waals surface area contributed by atoms with Crippen molar-refractivity contribution in [3.63, 3.8) is 0 Å². The van der Waals surface area contributed by atoms with Crippen LogP contribution in [0.1, 0.15) is 13.8 Å². The summed E-state index contributed by atoms with van der Waals surface area (Å²) in [6.45, 7) is 2.26. The average Bonchev–Trinajstić information content (AvgIpc) is 1.67. The molecule has 0 N–H and O–H groups in total. The molecule has 0 spiro atoms. The highest BCUT2D eigenvalue weighted by molar-refractivity contribution is 4.96. The van der Waals surface area contributed by atoms with Crippen LogP contribution in [-0.4, -0.2) is 10.9 Å². The normalized spacial score (nSPS) is 11.5. The lowest BCUT2D eigenvalue weighted by molar-refractivity contribution is -0.202. The Balaban J connectivity index is 3.97. The summed E-state index contributed by atoms with van der Waals surface area (Å²) in [6, 6.07) is 1.42. The zero-order valence-corrected chi connectivity index (χ0v) is 4.65. The molecule has 0 aliphatic heterocycles. The van der Waals surface area contributed by atoms with Gasteiger partial charge in [-0.25, -0.2) is 0 Å². The molecule has 8 heavy (non-hydrogen) atoms. The van der Waals surface area contributed by atoms with Crippen LogP contribution in [0.5, 0.6) is 0 Å². The van der Waals surface area contributed by atoms with E-state index in [4.69, 9.17) is 5.26 Å². The summed E-state index contributed by atoms with van der Waals surface area (Å²) >= 11 is 0. The summed E-state index contributed by atoms with van der Waals surface area (Å²) in [4.78, 5) is 0. The molecule has 0 aromatic carbocycles. The predicted molar refractivity (Wildman–Crippen MR) is 23.7 cm³/mol. The molecule has 0 bridgehead atoms. The number of nitrogens with zero attached hydrogens (tertiary/aromatic N) is 2. The minimum atomic E-state index is -1.65. The van der Waals surface area contributed by atoms with Gasteiger partial charge in [0.05, 0.1) is 6.07 Å². The number of hydrogen-bond acceptors (Lipinski definition) is 2. The van der Waals surface area contributed by atoms with Gasteiger partial charge in [-0.3, -0.25) is 0 Å². The zero-order valence-electron chi connectivity index (χ0n) is 4.65. The summed E-state index contributed by atoms with van der Waals surface area (Å²) in [5.74, 6) is 0. The summed E-state index contributed by atoms with van der Waals surface area (Å²) in [5.41, 5.74) is -1.65. The van der Waals surface area contributed by atoms with Gasteiger partial charge in [0.25, 0.3) is 0 Å². The van der Waals surface area contributed by atoms with Gasteiger partial charge in [0, 0.05) is 5.34 Å². The summed E-state index contributed by atoms with van der Waals surface area (Å²) in [5, 5.41) is 6.87. The van der Waals surface area contributed by atoms with Crippen LogP contribution in [0.15, 0.2) is 0 Å². The van der Waals surface area contributed by atoms with Gasteiger partial charge in [0.2, 0.25) is 0 Å². The summed E-state index contributed by atoms with van der Waals surface area (Å²) in [6.07, 6.45) is 0. The van der Waals surface area contributed by atoms with E-state index in [1.165, 1.54) is 6.07 Å². The van der Waals surface area contributed by atoms with E-state index in [-0.39, 0.29) is 0 Å². The van der Waals surface area contributed by atoms with Crippen LogP contribution >= 0.6 is 0 Å². The molecule has 0 aliphatic carbocycles. The van der Waals surface area contributed by atoms with E-state index in [0.717, 1.165) is 13.8 Å². The van der Waals surface area contributed by atoms with Gasteiger partial charge in [0.1, 0.15) is 0 Å². The van der Waals surface area contributed by atoms with Crippen molar-refractivity contribution in [1.82, 2.24) is 5.34 Å². The lowest BCUT2D eigenvalue weighted by atomic mass is 10.1. The van der Waals surface area contributed by atoms with Gasteiger partial charge < -0.3 is 0 Å². The second-order valence-electron chi connectivity index (χ2n) is 1.90. The smallest absolute Gasteiger partial charge is 0.164 e. The van der Waals surface area contributed by atoms with Gasteiger partial charge in [0.15, 0.2) is 5.54 Å². The van der Waals surface area contributed by atoms with Crippen LogP contribution in [-0.2, 0) is 0 Å². The first-order valence-corrected chi connectivity index (χ1v) is 2.04. The molecule has 0 aromatic heterocycles. The maximum atomic E-state index is 11.4. The lowest BCUT2D eigenvalue weighted by Gasteiger charge is -2.12. The molecule has 0 amide bonds. The largest absolute Gasteiger partial charge is 0.196 e. The number of halogens is 2. The van der Waals surface area contributed by atoms with Crippen molar-refractivity contribution in [2.75, 3.05) is 0 Å². The topological polar surface area (TPSA) is 27.0 Å². The Bertz CT molecular complexity index is 114. The Labute approximate surface area is 46.2 Å². The first-order chi connectivity index (χ1) is 3.50. The Kier molecular flexibility index (Phi) is 1.88. The average molecular weight is 120 g/mol. The minimum Gasteiger partial charge on any atom is -0.196 e. The maximum absolute atomic E-state index is 11.4. The number of rotatable bonds is 1. The van der Waals surface area contributed by atoms with E-state index < -0.39 is 10.9 Å². The second kappa shape index (κ2) is 2.05. The SMILES string of the molecule is CC(C)(C#N)N(F)F. The van der Waals surface area contributed by atoms with Gasteiger partial charge in [-0.1, -0.05) is 8.96 Å². The molecule has 0 fully saturated rings. The Morgan fingerprint density at radius 2 is 1.88 bits per heavy atom. The second-order valence-corrected chi connectivity index (χ2v) is 1.90. The highest BCUT2D eigenvalue weighted by Crippen LogP contribution is 2.12. The molecule has 4 heteroatoms. The van der Waals surface area contributed by atoms with Crippen molar-refractivity contribution in [3.8, 4) is 6.07 Å². The fourth-order valence-electron chi connectivity index (χ4n) is 0.0378. The molecule has 0 heterocycles. The van der Waals surface area contributed by atoms with Crippen LogP contribution in [0.25, 0.3) is 0 Å². The third-order valence-corrected chi connectivity index (χ3v) is 0.696. The molecule has 0 aliphatic rings. The molecule has 0 rings (SSSR count). The van der Waals surface area contributed by atoms with Gasteiger partial charge >= 0.3 is 0 Å². The van der Waals surface area contributed by atoms with Gasteiger partial charge in [-0.15, -0.1) is 0 Å². The predicted octanol–water partition coefficient (Wildman–Crippen LogP) is 1.36. The van der Waals surface area contributed by atoms with Crippen molar-refractivity contribution >= 4 is 0 Å². The third-order valence-electron chi connectivity index (χ3n) is 0.696. The Hall–Kier alpha value is -0.690. The van der Waals surface area contributed by atoms with Crippen LogP contribution in [0.4, 0.5) is 8.96 Å². The highest BCUT2D eigenvalue weighted by atomic mass is 19.4. The number of nitriles is 1. The Morgan fingerprint density at radius 3 is 1.88 bits per heavy atom. The van der Waals surface area contributed by atoms with Crippen LogP contribution < -0.4 is 0 Å². The molecule has 0 aromatic rings. The van der Waals surface area contributed by atoms with E-state index in [1.54, 1.807) is 0 Å². The summed E-state index contributed by atoms with van der Waals surface area (Å²) < 4.78 is 22.8. The van der Waals surface area contributed by atoms with Crippen LogP contribution in [0, 0.1) is 11.3 Å². The van der Waals surface area contributed by atoms with Gasteiger partial charge in [-0.05, 0) is 13.8 Å². The zero-order chi connectivity index (χ0) is 6.78. The molecular formula is C4H6F2N2. The standard InChI is InChI=1S/C4H6F2N2/c1-4(2,3-7)8(5)6/h1-2H3. The molecule has 46 valence electrons. The molecule has 0 radical (unpaired) electrons. The van der Waals surface area contributed by atoms with E-state index in [1.807, 2.05) is 0 Å². The quantitative estimate of drug-likeness (QED) is 0.488. The molecule has 0 saturated heterocycles. The first-order valence-electron chi connectivity index (χ1n) is 2.04. The molecule has 0 unspecified atom stereocenters. The molecule has 0 atom stereocenters. The monoisotopic (exact) mass is 120 g/mol. The highest BCUT2D eigenvalue weighted by Gasteiger charge is 2.26. The van der Waals surface area contributed by atoms with E-state index in [9.17, 15) is 8.96 Å². The van der Waals surface area contributed by atoms with E-state index in [0.29, 0.717) is 0 Å². The fraction of sp³-hybridized carbons (Fsp3) is 0.750. The van der Waals surface area contributed by atoms with Gasteiger partial charge in [-0.2, -0.15) is 5.26 Å². The molecule has 2 nitrogen and oxygen atoms in total. The molecular weight excluding hydrogens is 114 g/mol. The number of hydrogen-bond donors (Lipinski definition) is 0. The van der Waals surface area contributed by atoms with E-state index >= 15 is 0 Å². The minimum absolute atomic E-state index is 1.12. The van der Waals surface area contributed by atoms with Crippen molar-refractivity contribution in [3.05, 3.63) is 0 Å². The van der Waals surface area contributed by atoms with Crippen molar-refractivity contribution < 1.29 is 8.96 Å². The molecule has 0 saturated carbocycles. The van der Waals surface area contributed by atoms with Crippen LogP contribution in [0.2, 0.25) is 0 Å². The first kappa shape index (κ1) is 7.31. The van der Waals surface area contributed by atoms with E-state index in [2.05, 4.69) is 0 Å². The van der Waals surface area contributed by atoms with Crippen molar-refractivity contribution in [2.24, 2.45) is 0 Å². The maximum Gasteiger partial charge on any atom is 0.164 e. The third kappa shape index (κ3) is 1.43. The van der Waals surface area contributed by atoms with Crippen LogP contribution in [0.3, 0.4) is 0 Å². The fourth-order valence-corrected chi connectivity index (χ4v) is 0.0378. The lowest BCUT2D eigenvalue weighted by Crippen LogP contribution is -2.29. The Morgan fingerprint density at radius 1 is 1.50 bits per heavy atom. The van der Waals surface area contributed by atoms with Crippen molar-refractivity contribution in [1.29, 1.82) is 5.26 Å².